The predicted molar refractivity (Wildman–Crippen MR) is 75.7 cm³/mol. The molecule has 0 aliphatic carbocycles. The summed E-state index contributed by atoms with van der Waals surface area (Å²) in [5.74, 6) is 0.528. The molecule has 2 rings (SSSR count). The highest BCUT2D eigenvalue weighted by Gasteiger charge is 2.21. The summed E-state index contributed by atoms with van der Waals surface area (Å²) in [6, 6.07) is 5.35. The fourth-order valence-corrected chi connectivity index (χ4v) is 2.41. The van der Waals surface area contributed by atoms with Crippen LogP contribution in [-0.4, -0.2) is 43.6 Å². The minimum absolute atomic E-state index is 0.0599. The van der Waals surface area contributed by atoms with E-state index >= 15 is 0 Å². The summed E-state index contributed by atoms with van der Waals surface area (Å²) in [6.45, 7) is 2.01. The van der Waals surface area contributed by atoms with E-state index in [2.05, 4.69) is 5.32 Å². The van der Waals surface area contributed by atoms with Crippen molar-refractivity contribution in [2.75, 3.05) is 32.1 Å². The molecule has 19 heavy (non-hydrogen) atoms. The molecule has 0 radical (unpaired) electrons. The lowest BCUT2D eigenvalue weighted by Gasteiger charge is -2.15. The molecule has 1 heterocycles. The van der Waals surface area contributed by atoms with Gasteiger partial charge >= 0.3 is 0 Å². The zero-order chi connectivity index (χ0) is 13.8. The number of hydrogen-bond acceptors (Lipinski definition) is 4. The monoisotopic (exact) mass is 283 g/mol. The molecule has 1 aliphatic rings. The van der Waals surface area contributed by atoms with Crippen molar-refractivity contribution >= 4 is 23.2 Å². The van der Waals surface area contributed by atoms with E-state index in [1.54, 1.807) is 25.3 Å². The maximum absolute atomic E-state index is 11.9. The van der Waals surface area contributed by atoms with Gasteiger partial charge in [0, 0.05) is 24.8 Å². The van der Waals surface area contributed by atoms with Gasteiger partial charge in [-0.25, -0.2) is 0 Å². The van der Waals surface area contributed by atoms with E-state index in [1.165, 1.54) is 0 Å². The molecule has 5 nitrogen and oxygen atoms in total. The van der Waals surface area contributed by atoms with Crippen molar-refractivity contribution in [3.8, 4) is 5.75 Å². The number of halogens is 1. The van der Waals surface area contributed by atoms with Gasteiger partial charge in [0.2, 0.25) is 5.91 Å². The van der Waals surface area contributed by atoms with Crippen molar-refractivity contribution in [3.05, 3.63) is 23.2 Å². The highest BCUT2D eigenvalue weighted by Crippen LogP contribution is 2.27. The summed E-state index contributed by atoms with van der Waals surface area (Å²) in [6.07, 6.45) is 0.946. The SMILES string of the molecule is COc1ccc(NC(=O)CN2CC[C@@H](N)C2)cc1Cl. The van der Waals surface area contributed by atoms with Crippen molar-refractivity contribution in [1.29, 1.82) is 0 Å². The number of amides is 1. The molecule has 0 spiro atoms. The first kappa shape index (κ1) is 14.1. The van der Waals surface area contributed by atoms with Gasteiger partial charge in [0.25, 0.3) is 0 Å². The molecule has 0 bridgehead atoms. The van der Waals surface area contributed by atoms with E-state index in [0.29, 0.717) is 23.0 Å². The fraction of sp³-hybridized carbons (Fsp3) is 0.462. The van der Waals surface area contributed by atoms with Gasteiger partial charge in [0.1, 0.15) is 5.75 Å². The van der Waals surface area contributed by atoms with Crippen LogP contribution in [0.1, 0.15) is 6.42 Å². The van der Waals surface area contributed by atoms with Crippen LogP contribution in [0.4, 0.5) is 5.69 Å². The highest BCUT2D eigenvalue weighted by atomic mass is 35.5. The summed E-state index contributed by atoms with van der Waals surface area (Å²) < 4.78 is 5.06. The molecule has 1 saturated heterocycles. The number of nitrogens with one attached hydrogen (secondary N) is 1. The Morgan fingerprint density at radius 3 is 3.00 bits per heavy atom. The Balaban J connectivity index is 1.90. The number of nitrogens with two attached hydrogens (primary N) is 1. The molecule has 1 amide bonds. The Labute approximate surface area is 117 Å². The van der Waals surface area contributed by atoms with Crippen LogP contribution in [0.15, 0.2) is 18.2 Å². The van der Waals surface area contributed by atoms with Crippen LogP contribution in [0, 0.1) is 0 Å². The van der Waals surface area contributed by atoms with Gasteiger partial charge in [-0.1, -0.05) is 11.6 Å². The highest BCUT2D eigenvalue weighted by molar-refractivity contribution is 6.32. The van der Waals surface area contributed by atoms with Gasteiger partial charge in [-0.2, -0.15) is 0 Å². The van der Waals surface area contributed by atoms with Crippen LogP contribution >= 0.6 is 11.6 Å². The van der Waals surface area contributed by atoms with E-state index in [-0.39, 0.29) is 11.9 Å². The molecule has 6 heteroatoms. The van der Waals surface area contributed by atoms with E-state index in [9.17, 15) is 4.79 Å². The Morgan fingerprint density at radius 2 is 2.42 bits per heavy atom. The minimum atomic E-state index is -0.0599. The van der Waals surface area contributed by atoms with E-state index in [4.69, 9.17) is 22.1 Å². The number of carbonyl (C=O) groups is 1. The van der Waals surface area contributed by atoms with Crippen LogP contribution in [-0.2, 0) is 4.79 Å². The second-order valence-electron chi connectivity index (χ2n) is 4.68. The Morgan fingerprint density at radius 1 is 1.63 bits per heavy atom. The van der Waals surface area contributed by atoms with Crippen molar-refractivity contribution < 1.29 is 9.53 Å². The van der Waals surface area contributed by atoms with Gasteiger partial charge < -0.3 is 15.8 Å². The van der Waals surface area contributed by atoms with Crippen LogP contribution < -0.4 is 15.8 Å². The Bertz CT molecular complexity index is 467. The van der Waals surface area contributed by atoms with Crippen LogP contribution in [0.3, 0.4) is 0 Å². The third-order valence-corrected chi connectivity index (χ3v) is 3.41. The first-order chi connectivity index (χ1) is 9.08. The molecule has 1 aliphatic heterocycles. The average molecular weight is 284 g/mol. The second-order valence-corrected chi connectivity index (χ2v) is 5.09. The molecule has 1 atom stereocenters. The number of rotatable bonds is 4. The number of ether oxygens (including phenoxy) is 1. The third kappa shape index (κ3) is 3.83. The zero-order valence-corrected chi connectivity index (χ0v) is 11.6. The number of anilines is 1. The van der Waals surface area contributed by atoms with Gasteiger partial charge in [-0.3, -0.25) is 9.69 Å². The number of methoxy groups -OCH3 is 1. The standard InChI is InChI=1S/C13H18ClN3O2/c1-19-12-3-2-10(6-11(12)14)16-13(18)8-17-5-4-9(15)7-17/h2-3,6,9H,4-5,7-8,15H2,1H3,(H,16,18)/t9-/m1/s1. The van der Waals surface area contributed by atoms with Crippen molar-refractivity contribution in [2.45, 2.75) is 12.5 Å². The maximum atomic E-state index is 11.9. The largest absolute Gasteiger partial charge is 0.495 e. The fourth-order valence-electron chi connectivity index (χ4n) is 2.15. The normalized spacial score (nSPS) is 19.4. The predicted octanol–water partition coefficient (Wildman–Crippen LogP) is 1.32. The molecule has 0 saturated carbocycles. The van der Waals surface area contributed by atoms with E-state index in [0.717, 1.165) is 19.5 Å². The topological polar surface area (TPSA) is 67.6 Å². The van der Waals surface area contributed by atoms with Gasteiger partial charge in [-0.15, -0.1) is 0 Å². The summed E-state index contributed by atoms with van der Waals surface area (Å²) in [4.78, 5) is 13.9. The van der Waals surface area contributed by atoms with Crippen LogP contribution in [0.5, 0.6) is 5.75 Å². The average Bonchev–Trinajstić information content (AvgIpc) is 2.74. The van der Waals surface area contributed by atoms with Gasteiger partial charge in [0.15, 0.2) is 0 Å². The van der Waals surface area contributed by atoms with E-state index < -0.39 is 0 Å². The van der Waals surface area contributed by atoms with Crippen LogP contribution in [0.25, 0.3) is 0 Å². The molecule has 3 N–H and O–H groups in total. The number of hydrogen-bond donors (Lipinski definition) is 2. The lowest BCUT2D eigenvalue weighted by Crippen LogP contribution is -2.33. The number of carbonyl (C=O) groups excluding carboxylic acids is 1. The molecule has 1 fully saturated rings. The molecule has 0 unspecified atom stereocenters. The molecule has 1 aromatic carbocycles. The molecular weight excluding hydrogens is 266 g/mol. The molecule has 0 aromatic heterocycles. The smallest absolute Gasteiger partial charge is 0.238 e. The van der Waals surface area contributed by atoms with Gasteiger partial charge in [0.05, 0.1) is 18.7 Å². The lowest BCUT2D eigenvalue weighted by atomic mass is 10.3. The second kappa shape index (κ2) is 6.23. The molecule has 104 valence electrons. The Kier molecular flexibility index (Phi) is 4.63. The summed E-state index contributed by atoms with van der Waals surface area (Å²) in [5, 5.41) is 3.29. The van der Waals surface area contributed by atoms with Gasteiger partial charge in [-0.05, 0) is 24.6 Å². The molecule has 1 aromatic rings. The Hall–Kier alpha value is -1.30. The summed E-state index contributed by atoms with van der Waals surface area (Å²) >= 11 is 6.00. The maximum Gasteiger partial charge on any atom is 0.238 e. The van der Waals surface area contributed by atoms with Crippen molar-refractivity contribution in [1.82, 2.24) is 4.90 Å². The van der Waals surface area contributed by atoms with Crippen molar-refractivity contribution in [3.63, 3.8) is 0 Å². The summed E-state index contributed by atoms with van der Waals surface area (Å²) in [7, 11) is 1.55. The number of benzene rings is 1. The molecular formula is C13H18ClN3O2. The number of likely N-dealkylation sites (tertiary alicyclic amines) is 1. The lowest BCUT2D eigenvalue weighted by molar-refractivity contribution is -0.117. The first-order valence-corrected chi connectivity index (χ1v) is 6.57. The number of nitrogens with zero attached hydrogens (tertiary/aromatic N) is 1. The minimum Gasteiger partial charge on any atom is -0.495 e. The zero-order valence-electron chi connectivity index (χ0n) is 10.9. The quantitative estimate of drug-likeness (QED) is 0.875. The van der Waals surface area contributed by atoms with Crippen molar-refractivity contribution in [2.24, 2.45) is 5.73 Å². The van der Waals surface area contributed by atoms with E-state index in [1.807, 2.05) is 4.90 Å². The van der Waals surface area contributed by atoms with Crippen LogP contribution in [0.2, 0.25) is 5.02 Å². The first-order valence-electron chi connectivity index (χ1n) is 6.20. The third-order valence-electron chi connectivity index (χ3n) is 3.11. The summed E-state index contributed by atoms with van der Waals surface area (Å²) in [5.41, 5.74) is 6.47.